The van der Waals surface area contributed by atoms with Crippen molar-refractivity contribution in [3.05, 3.63) is 59.7 Å². The molecule has 0 radical (unpaired) electrons. The number of phenolic OH excluding ortho intramolecular Hbond substituents is 1. The minimum Gasteiger partial charge on any atom is -0.508 e. The summed E-state index contributed by atoms with van der Waals surface area (Å²) >= 11 is 0. The molecular weight excluding hydrogens is 326 g/mol. The van der Waals surface area contributed by atoms with Gasteiger partial charge in [0.25, 0.3) is 5.91 Å². The third kappa shape index (κ3) is 3.99. The highest BCUT2D eigenvalue weighted by Gasteiger charge is 2.22. The van der Waals surface area contributed by atoms with Gasteiger partial charge in [0.2, 0.25) is 0 Å². The first kappa shape index (κ1) is 18.1. The number of aromatic hydroxyl groups is 1. The Morgan fingerprint density at radius 2 is 1.71 bits per heavy atom. The van der Waals surface area contributed by atoms with Crippen LogP contribution in [0.2, 0.25) is 0 Å². The summed E-state index contributed by atoms with van der Waals surface area (Å²) in [5, 5.41) is 9.58. The summed E-state index contributed by atoms with van der Waals surface area (Å²) < 4.78 is 0. The normalized spacial score (nSPS) is 14.2. The average Bonchev–Trinajstić information content (AvgIpc) is 2.61. The van der Waals surface area contributed by atoms with Crippen molar-refractivity contribution in [2.75, 3.05) is 31.1 Å². The third-order valence-corrected chi connectivity index (χ3v) is 4.20. The summed E-state index contributed by atoms with van der Waals surface area (Å²) in [4.78, 5) is 16.6. The number of benzene rings is 2. The molecule has 0 bridgehead atoms. The predicted molar refractivity (Wildman–Crippen MR) is 97.8 cm³/mol. The number of piperazine rings is 1. The van der Waals surface area contributed by atoms with E-state index < -0.39 is 0 Å². The summed E-state index contributed by atoms with van der Waals surface area (Å²) in [7, 11) is 0. The maximum absolute atomic E-state index is 12.5. The van der Waals surface area contributed by atoms with Gasteiger partial charge in [0.15, 0.2) is 0 Å². The number of nitrogens with zero attached hydrogens (tertiary/aromatic N) is 2. The molecule has 1 fully saturated rings. The molecule has 0 unspecified atom stereocenters. The number of hydrogen-bond acceptors (Lipinski definition) is 4. The van der Waals surface area contributed by atoms with Gasteiger partial charge in [-0.2, -0.15) is 0 Å². The molecule has 24 heavy (non-hydrogen) atoms. The molecule has 1 heterocycles. The van der Waals surface area contributed by atoms with E-state index in [1.54, 1.807) is 12.1 Å². The van der Waals surface area contributed by atoms with Crippen LogP contribution < -0.4 is 10.6 Å². The fourth-order valence-corrected chi connectivity index (χ4v) is 2.82. The van der Waals surface area contributed by atoms with Gasteiger partial charge in [-0.1, -0.05) is 18.2 Å². The molecule has 5 nitrogen and oxygen atoms in total. The van der Waals surface area contributed by atoms with Gasteiger partial charge in [-0.15, -0.1) is 12.4 Å². The van der Waals surface area contributed by atoms with Gasteiger partial charge in [-0.3, -0.25) is 4.79 Å². The van der Waals surface area contributed by atoms with Gasteiger partial charge in [-0.05, 0) is 29.8 Å². The second kappa shape index (κ2) is 8.04. The lowest BCUT2D eigenvalue weighted by molar-refractivity contribution is 0.0746. The van der Waals surface area contributed by atoms with Crippen LogP contribution in [0.4, 0.5) is 5.69 Å². The molecule has 128 valence electrons. The van der Waals surface area contributed by atoms with E-state index in [2.05, 4.69) is 4.90 Å². The number of carbonyl (C=O) groups excluding carboxylic acids is 1. The van der Waals surface area contributed by atoms with Crippen LogP contribution in [0.15, 0.2) is 48.5 Å². The van der Waals surface area contributed by atoms with Gasteiger partial charge in [0.05, 0.1) is 0 Å². The SMILES string of the molecule is Cl.NCc1ccc(C(=O)N2CCN(c3cccc(O)c3)CC2)cc1. The van der Waals surface area contributed by atoms with Crippen LogP contribution in [0.3, 0.4) is 0 Å². The molecule has 0 atom stereocenters. The number of halogens is 1. The molecule has 0 spiro atoms. The van der Waals surface area contributed by atoms with Crippen molar-refractivity contribution in [3.63, 3.8) is 0 Å². The molecule has 1 aliphatic heterocycles. The summed E-state index contributed by atoms with van der Waals surface area (Å²) in [6.07, 6.45) is 0. The summed E-state index contributed by atoms with van der Waals surface area (Å²) in [6.45, 7) is 3.35. The van der Waals surface area contributed by atoms with Gasteiger partial charge in [0.1, 0.15) is 5.75 Å². The number of carbonyl (C=O) groups is 1. The summed E-state index contributed by atoms with van der Waals surface area (Å²) in [6, 6.07) is 14.7. The topological polar surface area (TPSA) is 69.8 Å². The van der Waals surface area contributed by atoms with Gasteiger partial charge >= 0.3 is 0 Å². The Morgan fingerprint density at radius 1 is 1.04 bits per heavy atom. The molecule has 0 aliphatic carbocycles. The van der Waals surface area contributed by atoms with E-state index in [1.807, 2.05) is 41.3 Å². The minimum atomic E-state index is 0. The highest BCUT2D eigenvalue weighted by atomic mass is 35.5. The van der Waals surface area contributed by atoms with Crippen LogP contribution in [-0.2, 0) is 6.54 Å². The van der Waals surface area contributed by atoms with E-state index >= 15 is 0 Å². The fourth-order valence-electron chi connectivity index (χ4n) is 2.82. The predicted octanol–water partition coefficient (Wildman–Crippen LogP) is 2.24. The zero-order valence-corrected chi connectivity index (χ0v) is 14.2. The highest BCUT2D eigenvalue weighted by Crippen LogP contribution is 2.21. The highest BCUT2D eigenvalue weighted by molar-refractivity contribution is 5.94. The van der Waals surface area contributed by atoms with Crippen LogP contribution in [-0.4, -0.2) is 42.1 Å². The number of rotatable bonds is 3. The Morgan fingerprint density at radius 3 is 2.29 bits per heavy atom. The Bertz CT molecular complexity index is 683. The Labute approximate surface area is 148 Å². The van der Waals surface area contributed by atoms with E-state index in [0.29, 0.717) is 25.2 Å². The number of nitrogens with two attached hydrogens (primary N) is 1. The Hall–Kier alpha value is -2.24. The largest absolute Gasteiger partial charge is 0.508 e. The molecule has 6 heteroatoms. The van der Waals surface area contributed by atoms with E-state index in [0.717, 1.165) is 24.3 Å². The Balaban J connectivity index is 0.00000208. The van der Waals surface area contributed by atoms with E-state index in [9.17, 15) is 9.90 Å². The van der Waals surface area contributed by atoms with E-state index in [-0.39, 0.29) is 24.1 Å². The van der Waals surface area contributed by atoms with Crippen molar-refractivity contribution in [3.8, 4) is 5.75 Å². The summed E-state index contributed by atoms with van der Waals surface area (Å²) in [5.41, 5.74) is 8.30. The number of hydrogen-bond donors (Lipinski definition) is 2. The number of amides is 1. The first-order valence-electron chi connectivity index (χ1n) is 7.79. The van der Waals surface area contributed by atoms with Crippen LogP contribution in [0.25, 0.3) is 0 Å². The van der Waals surface area contributed by atoms with Crippen LogP contribution >= 0.6 is 12.4 Å². The maximum Gasteiger partial charge on any atom is 0.253 e. The van der Waals surface area contributed by atoms with Gasteiger partial charge in [-0.25, -0.2) is 0 Å². The van der Waals surface area contributed by atoms with Crippen molar-refractivity contribution in [1.82, 2.24) is 4.90 Å². The minimum absolute atomic E-state index is 0. The first-order valence-corrected chi connectivity index (χ1v) is 7.79. The van der Waals surface area contributed by atoms with Crippen LogP contribution in [0, 0.1) is 0 Å². The number of anilines is 1. The molecule has 2 aromatic carbocycles. The standard InChI is InChI=1S/C18H21N3O2.ClH/c19-13-14-4-6-15(7-5-14)18(23)21-10-8-20(9-11-21)16-2-1-3-17(22)12-16;/h1-7,12,22H,8-11,13,19H2;1H. The fraction of sp³-hybridized carbons (Fsp3) is 0.278. The van der Waals surface area contributed by atoms with E-state index in [4.69, 9.17) is 5.73 Å². The Kier molecular flexibility index (Phi) is 6.06. The molecule has 1 aliphatic rings. The second-order valence-electron chi connectivity index (χ2n) is 5.70. The molecule has 3 rings (SSSR count). The van der Waals surface area contributed by atoms with Crippen LogP contribution in [0.1, 0.15) is 15.9 Å². The second-order valence-corrected chi connectivity index (χ2v) is 5.70. The van der Waals surface area contributed by atoms with Crippen molar-refractivity contribution in [2.24, 2.45) is 5.73 Å². The van der Waals surface area contributed by atoms with Crippen molar-refractivity contribution in [1.29, 1.82) is 0 Å². The molecule has 1 saturated heterocycles. The first-order chi connectivity index (χ1) is 11.2. The summed E-state index contributed by atoms with van der Waals surface area (Å²) in [5.74, 6) is 0.324. The molecule has 3 N–H and O–H groups in total. The molecule has 1 amide bonds. The van der Waals surface area contributed by atoms with Crippen molar-refractivity contribution in [2.45, 2.75) is 6.54 Å². The van der Waals surface area contributed by atoms with Gasteiger partial charge < -0.3 is 20.6 Å². The maximum atomic E-state index is 12.5. The molecule has 2 aromatic rings. The zero-order valence-electron chi connectivity index (χ0n) is 13.4. The molecule has 0 aromatic heterocycles. The van der Waals surface area contributed by atoms with Crippen molar-refractivity contribution >= 4 is 24.0 Å². The lowest BCUT2D eigenvalue weighted by atomic mass is 10.1. The lowest BCUT2D eigenvalue weighted by Crippen LogP contribution is -2.48. The number of phenols is 1. The third-order valence-electron chi connectivity index (χ3n) is 4.20. The quantitative estimate of drug-likeness (QED) is 0.893. The van der Waals surface area contributed by atoms with Crippen molar-refractivity contribution < 1.29 is 9.90 Å². The van der Waals surface area contributed by atoms with Gasteiger partial charge in [0, 0.05) is 50.0 Å². The lowest BCUT2D eigenvalue weighted by Gasteiger charge is -2.36. The average molecular weight is 348 g/mol. The zero-order chi connectivity index (χ0) is 16.2. The smallest absolute Gasteiger partial charge is 0.253 e. The van der Waals surface area contributed by atoms with E-state index in [1.165, 1.54) is 0 Å². The monoisotopic (exact) mass is 347 g/mol. The molecule has 0 saturated carbocycles. The molecular formula is C18H22ClN3O2. The van der Waals surface area contributed by atoms with Crippen LogP contribution in [0.5, 0.6) is 5.75 Å².